The van der Waals surface area contributed by atoms with Gasteiger partial charge in [0.15, 0.2) is 0 Å². The highest BCUT2D eigenvalue weighted by molar-refractivity contribution is 6.31. The third-order valence-electron chi connectivity index (χ3n) is 4.25. The Labute approximate surface area is 123 Å². The maximum absolute atomic E-state index is 11.9. The average molecular weight is 296 g/mol. The predicted molar refractivity (Wildman–Crippen MR) is 76.0 cm³/mol. The van der Waals surface area contributed by atoms with Crippen LogP contribution in [0.25, 0.3) is 0 Å². The van der Waals surface area contributed by atoms with Crippen molar-refractivity contribution in [1.82, 2.24) is 4.90 Å². The summed E-state index contributed by atoms with van der Waals surface area (Å²) < 4.78 is 11.1. The Bertz CT molecular complexity index is 548. The summed E-state index contributed by atoms with van der Waals surface area (Å²) in [6, 6.07) is 5.92. The molecule has 1 saturated heterocycles. The number of benzene rings is 1. The molecule has 0 aliphatic carbocycles. The van der Waals surface area contributed by atoms with E-state index < -0.39 is 0 Å². The topological polar surface area (TPSA) is 38.8 Å². The summed E-state index contributed by atoms with van der Waals surface area (Å²) in [5.74, 6) is 0.148. The van der Waals surface area contributed by atoms with Gasteiger partial charge in [0.25, 0.3) is 0 Å². The van der Waals surface area contributed by atoms with Crippen molar-refractivity contribution in [3.63, 3.8) is 0 Å². The van der Waals surface area contributed by atoms with Crippen LogP contribution in [-0.4, -0.2) is 36.3 Å². The Hall–Kier alpha value is -1.26. The minimum Gasteiger partial charge on any atom is -0.450 e. The van der Waals surface area contributed by atoms with Crippen LogP contribution in [0.3, 0.4) is 0 Å². The van der Waals surface area contributed by atoms with Gasteiger partial charge in [0, 0.05) is 23.0 Å². The number of carbonyl (C=O) groups is 1. The molecule has 1 unspecified atom stereocenters. The molecule has 1 amide bonds. The summed E-state index contributed by atoms with van der Waals surface area (Å²) in [4.78, 5) is 13.7. The number of likely N-dealkylation sites (tertiary alicyclic amines) is 1. The fourth-order valence-corrected chi connectivity index (χ4v) is 3.42. The van der Waals surface area contributed by atoms with Crippen molar-refractivity contribution in [3.05, 3.63) is 34.3 Å². The van der Waals surface area contributed by atoms with Gasteiger partial charge in [-0.15, -0.1) is 0 Å². The van der Waals surface area contributed by atoms with E-state index in [9.17, 15) is 4.79 Å². The molecule has 3 rings (SSSR count). The van der Waals surface area contributed by atoms with Crippen molar-refractivity contribution in [2.24, 2.45) is 0 Å². The predicted octanol–water partition coefficient (Wildman–Crippen LogP) is 3.18. The average Bonchev–Trinajstić information content (AvgIpc) is 2.77. The molecule has 4 nitrogen and oxygen atoms in total. The van der Waals surface area contributed by atoms with Gasteiger partial charge in [0.2, 0.25) is 0 Å². The first kappa shape index (κ1) is 13.7. The summed E-state index contributed by atoms with van der Waals surface area (Å²) in [5.41, 5.74) is 1.88. The van der Waals surface area contributed by atoms with Gasteiger partial charge in [-0.2, -0.15) is 0 Å². The number of fused-ring (bicyclic) bond motifs is 3. The third-order valence-corrected chi connectivity index (χ3v) is 4.60. The number of nitrogens with zero attached hydrogens (tertiary/aromatic N) is 1. The molecule has 2 atom stereocenters. The monoisotopic (exact) mass is 295 g/mol. The van der Waals surface area contributed by atoms with E-state index >= 15 is 0 Å². The molecule has 2 aliphatic heterocycles. The largest absolute Gasteiger partial charge is 0.450 e. The molecule has 1 fully saturated rings. The van der Waals surface area contributed by atoms with Crippen LogP contribution in [-0.2, 0) is 16.1 Å². The van der Waals surface area contributed by atoms with E-state index in [2.05, 4.69) is 13.0 Å². The Morgan fingerprint density at radius 3 is 3.15 bits per heavy atom. The highest BCUT2D eigenvalue weighted by Gasteiger charge is 2.49. The van der Waals surface area contributed by atoms with Crippen molar-refractivity contribution >= 4 is 17.7 Å². The zero-order valence-electron chi connectivity index (χ0n) is 11.7. The first-order chi connectivity index (χ1) is 9.55. The zero-order chi connectivity index (χ0) is 14.3. The van der Waals surface area contributed by atoms with Crippen LogP contribution in [0.15, 0.2) is 18.2 Å². The molecule has 108 valence electrons. The zero-order valence-corrected chi connectivity index (χ0v) is 12.4. The molecule has 2 aliphatic rings. The van der Waals surface area contributed by atoms with Gasteiger partial charge in [-0.25, -0.2) is 4.79 Å². The van der Waals surface area contributed by atoms with Gasteiger partial charge < -0.3 is 14.4 Å². The SMILES string of the molecule is CCOC(=O)N1C[C@H]2c3cccc(Cl)c3COC2(C)C1. The number of hydrogen-bond donors (Lipinski definition) is 0. The number of rotatable bonds is 1. The Balaban J connectivity index is 1.92. The van der Waals surface area contributed by atoms with Crippen LogP contribution in [0.4, 0.5) is 4.79 Å². The summed E-state index contributed by atoms with van der Waals surface area (Å²) in [6.07, 6.45) is -0.268. The van der Waals surface area contributed by atoms with Gasteiger partial charge >= 0.3 is 6.09 Å². The molecule has 1 aromatic carbocycles. The minimum atomic E-state index is -0.357. The van der Waals surface area contributed by atoms with E-state index in [1.807, 2.05) is 19.1 Å². The van der Waals surface area contributed by atoms with Gasteiger partial charge in [-0.05, 0) is 25.5 Å². The molecule has 0 radical (unpaired) electrons. The minimum absolute atomic E-state index is 0.148. The molecular weight excluding hydrogens is 278 g/mol. The molecule has 20 heavy (non-hydrogen) atoms. The lowest BCUT2D eigenvalue weighted by Crippen LogP contribution is -2.40. The Morgan fingerprint density at radius 1 is 1.60 bits per heavy atom. The van der Waals surface area contributed by atoms with E-state index in [4.69, 9.17) is 21.1 Å². The molecule has 5 heteroatoms. The van der Waals surface area contributed by atoms with E-state index in [0.29, 0.717) is 26.3 Å². The van der Waals surface area contributed by atoms with Gasteiger partial charge in [-0.1, -0.05) is 23.7 Å². The highest BCUT2D eigenvalue weighted by atomic mass is 35.5. The van der Waals surface area contributed by atoms with Crippen LogP contribution >= 0.6 is 11.6 Å². The van der Waals surface area contributed by atoms with Crippen LogP contribution in [0.2, 0.25) is 5.02 Å². The quantitative estimate of drug-likeness (QED) is 0.799. The third kappa shape index (κ3) is 2.07. The summed E-state index contributed by atoms with van der Waals surface area (Å²) in [5, 5.41) is 0.735. The van der Waals surface area contributed by atoms with Crippen LogP contribution in [0, 0.1) is 0 Å². The smallest absolute Gasteiger partial charge is 0.409 e. The molecule has 0 aromatic heterocycles. The molecule has 2 heterocycles. The number of hydrogen-bond acceptors (Lipinski definition) is 3. The van der Waals surface area contributed by atoms with E-state index in [-0.39, 0.29) is 17.6 Å². The molecule has 0 bridgehead atoms. The maximum Gasteiger partial charge on any atom is 0.409 e. The van der Waals surface area contributed by atoms with Crippen molar-refractivity contribution in [2.45, 2.75) is 32.0 Å². The first-order valence-corrected chi connectivity index (χ1v) is 7.26. The second-order valence-corrected chi connectivity index (χ2v) is 5.95. The van der Waals surface area contributed by atoms with Gasteiger partial charge in [0.05, 0.1) is 25.4 Å². The summed E-state index contributed by atoms with van der Waals surface area (Å²) >= 11 is 6.24. The van der Waals surface area contributed by atoms with Crippen LogP contribution < -0.4 is 0 Å². The van der Waals surface area contributed by atoms with Crippen molar-refractivity contribution in [2.75, 3.05) is 19.7 Å². The standard InChI is InChI=1S/C15H18ClNO3/c1-3-19-14(18)17-7-12-10-5-4-6-13(16)11(10)8-20-15(12,2)9-17/h4-6,12H,3,7-9H2,1-2H3/t12-,15?/m0/s1. The van der Waals surface area contributed by atoms with Crippen molar-refractivity contribution < 1.29 is 14.3 Å². The number of amides is 1. The Morgan fingerprint density at radius 2 is 2.40 bits per heavy atom. The van der Waals surface area contributed by atoms with E-state index in [1.54, 1.807) is 4.90 Å². The lowest BCUT2D eigenvalue weighted by atomic mass is 9.81. The van der Waals surface area contributed by atoms with Crippen LogP contribution in [0.5, 0.6) is 0 Å². The first-order valence-electron chi connectivity index (χ1n) is 6.88. The summed E-state index contributed by atoms with van der Waals surface area (Å²) in [7, 11) is 0. The molecule has 0 spiro atoms. The maximum atomic E-state index is 11.9. The second-order valence-electron chi connectivity index (χ2n) is 5.54. The fourth-order valence-electron chi connectivity index (χ4n) is 3.19. The lowest BCUT2D eigenvalue weighted by molar-refractivity contribution is -0.0560. The van der Waals surface area contributed by atoms with Crippen molar-refractivity contribution in [3.8, 4) is 0 Å². The normalized spacial score (nSPS) is 27.9. The molecular formula is C15H18ClNO3. The Kier molecular flexibility index (Phi) is 3.38. The molecule has 1 aromatic rings. The van der Waals surface area contributed by atoms with E-state index in [0.717, 1.165) is 10.6 Å². The summed E-state index contributed by atoms with van der Waals surface area (Å²) in [6.45, 7) is 5.93. The molecule has 0 N–H and O–H groups in total. The number of halogens is 1. The highest BCUT2D eigenvalue weighted by Crippen LogP contribution is 2.45. The number of ether oxygens (including phenoxy) is 2. The van der Waals surface area contributed by atoms with Crippen LogP contribution in [0.1, 0.15) is 30.9 Å². The second kappa shape index (κ2) is 4.93. The van der Waals surface area contributed by atoms with Crippen molar-refractivity contribution in [1.29, 1.82) is 0 Å². The lowest BCUT2D eigenvalue weighted by Gasteiger charge is -2.36. The van der Waals surface area contributed by atoms with Gasteiger partial charge in [-0.3, -0.25) is 0 Å². The fraction of sp³-hybridized carbons (Fsp3) is 0.533. The number of carbonyl (C=O) groups excluding carboxylic acids is 1. The molecule has 0 saturated carbocycles. The van der Waals surface area contributed by atoms with E-state index in [1.165, 1.54) is 5.56 Å². The van der Waals surface area contributed by atoms with Gasteiger partial charge in [0.1, 0.15) is 0 Å².